The Balaban J connectivity index is 1.55. The Bertz CT molecular complexity index is 747. The van der Waals surface area contributed by atoms with Crippen LogP contribution in [-0.2, 0) is 25.0 Å². The van der Waals surface area contributed by atoms with Crippen LogP contribution < -0.4 is 4.52 Å². The molecule has 0 saturated carbocycles. The molecule has 0 aliphatic carbocycles. The molecule has 2 aliphatic rings. The second kappa shape index (κ2) is 7.30. The van der Waals surface area contributed by atoms with E-state index in [0.29, 0.717) is 5.56 Å². The summed E-state index contributed by atoms with van der Waals surface area (Å²) in [5.74, 6) is -0.293. The van der Waals surface area contributed by atoms with E-state index in [9.17, 15) is 8.96 Å². The van der Waals surface area contributed by atoms with Crippen molar-refractivity contribution in [3.8, 4) is 5.75 Å². The molecule has 0 saturated heterocycles. The Morgan fingerprint density at radius 3 is 3.00 bits per heavy atom. The van der Waals surface area contributed by atoms with E-state index in [1.165, 1.54) is 18.2 Å². The number of hydrogen-bond acceptors (Lipinski definition) is 6. The fourth-order valence-electron chi connectivity index (χ4n) is 2.55. The standard InChI is InChI=1S/C17H21FNO5P/c1-12(2)9-19(3)17-7-6-15(23-17)11-22-25(20)21-10-13-4-5-14(18)8-16(13)24-25/h4-9,15,17H,10-11H2,1-3H3/t15?,17?,25-/m1/s1. The zero-order valence-corrected chi connectivity index (χ0v) is 15.2. The highest BCUT2D eigenvalue weighted by Gasteiger charge is 2.36. The number of likely N-dealkylation sites (N-methyl/N-ethyl adjacent to an activating group) is 1. The highest BCUT2D eigenvalue weighted by atomic mass is 31.2. The number of phosphoric ester groups is 1. The normalized spacial score (nSPS) is 27.5. The monoisotopic (exact) mass is 369 g/mol. The van der Waals surface area contributed by atoms with Gasteiger partial charge in [-0.25, -0.2) is 8.96 Å². The minimum atomic E-state index is -3.79. The molecule has 25 heavy (non-hydrogen) atoms. The molecule has 6 nitrogen and oxygen atoms in total. The van der Waals surface area contributed by atoms with Crippen molar-refractivity contribution in [1.82, 2.24) is 4.90 Å². The lowest BCUT2D eigenvalue weighted by Gasteiger charge is -2.26. The van der Waals surface area contributed by atoms with E-state index < -0.39 is 13.6 Å². The average molecular weight is 369 g/mol. The molecule has 0 amide bonds. The Hall–Kier alpha value is -1.66. The fourth-order valence-corrected chi connectivity index (χ4v) is 3.77. The zero-order valence-electron chi connectivity index (χ0n) is 14.3. The summed E-state index contributed by atoms with van der Waals surface area (Å²) in [5, 5.41) is 0. The number of phosphoric acid groups is 1. The minimum absolute atomic E-state index is 0.0115. The summed E-state index contributed by atoms with van der Waals surface area (Å²) in [4.78, 5) is 1.93. The Kier molecular flexibility index (Phi) is 5.29. The molecule has 0 fully saturated rings. The molecule has 0 N–H and O–H groups in total. The lowest BCUT2D eigenvalue weighted by atomic mass is 10.2. The van der Waals surface area contributed by atoms with Gasteiger partial charge in [-0.2, -0.15) is 0 Å². The van der Waals surface area contributed by atoms with Gasteiger partial charge >= 0.3 is 7.82 Å². The summed E-state index contributed by atoms with van der Waals surface area (Å²) in [6, 6.07) is 3.99. The maximum atomic E-state index is 13.3. The van der Waals surface area contributed by atoms with Gasteiger partial charge in [-0.3, -0.25) is 9.05 Å². The van der Waals surface area contributed by atoms with Crippen molar-refractivity contribution in [2.24, 2.45) is 0 Å². The molecule has 3 atom stereocenters. The molecule has 8 heteroatoms. The van der Waals surface area contributed by atoms with Gasteiger partial charge in [0.25, 0.3) is 0 Å². The topological polar surface area (TPSA) is 57.2 Å². The summed E-state index contributed by atoms with van der Waals surface area (Å²) in [5.41, 5.74) is 1.77. The highest BCUT2D eigenvalue weighted by molar-refractivity contribution is 7.49. The first-order valence-electron chi connectivity index (χ1n) is 7.92. The van der Waals surface area contributed by atoms with Crippen LogP contribution >= 0.6 is 7.82 Å². The number of rotatable bonds is 5. The third kappa shape index (κ3) is 4.50. The lowest BCUT2D eigenvalue weighted by Crippen LogP contribution is -2.29. The van der Waals surface area contributed by atoms with Crippen LogP contribution in [0, 0.1) is 5.82 Å². The van der Waals surface area contributed by atoms with Crippen molar-refractivity contribution < 1.29 is 27.3 Å². The Labute approximate surface area is 146 Å². The van der Waals surface area contributed by atoms with Gasteiger partial charge in [-0.15, -0.1) is 0 Å². The summed E-state index contributed by atoms with van der Waals surface area (Å²) >= 11 is 0. The van der Waals surface area contributed by atoms with Gasteiger partial charge in [0.1, 0.15) is 23.9 Å². The van der Waals surface area contributed by atoms with Crippen LogP contribution in [0.3, 0.4) is 0 Å². The average Bonchev–Trinajstić information content (AvgIpc) is 3.01. The predicted molar refractivity (Wildman–Crippen MR) is 90.4 cm³/mol. The minimum Gasteiger partial charge on any atom is -0.404 e. The second-order valence-electron chi connectivity index (χ2n) is 6.18. The molecule has 0 bridgehead atoms. The van der Waals surface area contributed by atoms with Gasteiger partial charge < -0.3 is 14.2 Å². The Morgan fingerprint density at radius 1 is 1.44 bits per heavy atom. The number of allylic oxidation sites excluding steroid dienone is 1. The van der Waals surface area contributed by atoms with E-state index in [1.807, 2.05) is 44.1 Å². The number of ether oxygens (including phenoxy) is 1. The van der Waals surface area contributed by atoms with E-state index in [-0.39, 0.29) is 31.3 Å². The molecule has 2 heterocycles. The number of hydrogen-bond donors (Lipinski definition) is 0. The predicted octanol–water partition coefficient (Wildman–Crippen LogP) is 4.00. The van der Waals surface area contributed by atoms with Crippen LogP contribution in [0.4, 0.5) is 4.39 Å². The van der Waals surface area contributed by atoms with E-state index in [2.05, 4.69) is 0 Å². The van der Waals surface area contributed by atoms with Crippen LogP contribution in [0.25, 0.3) is 0 Å². The summed E-state index contributed by atoms with van der Waals surface area (Å²) in [6.07, 6.45) is 5.12. The van der Waals surface area contributed by atoms with E-state index in [4.69, 9.17) is 18.3 Å². The van der Waals surface area contributed by atoms with Crippen molar-refractivity contribution in [2.45, 2.75) is 32.8 Å². The Morgan fingerprint density at radius 2 is 2.24 bits per heavy atom. The van der Waals surface area contributed by atoms with Crippen LogP contribution in [0.5, 0.6) is 5.75 Å². The molecule has 1 aromatic carbocycles. The first-order valence-corrected chi connectivity index (χ1v) is 9.38. The first-order chi connectivity index (χ1) is 11.8. The molecule has 0 aromatic heterocycles. The molecule has 3 rings (SSSR count). The summed E-state index contributed by atoms with van der Waals surface area (Å²) in [6.45, 7) is 4.05. The highest BCUT2D eigenvalue weighted by Crippen LogP contribution is 2.54. The van der Waals surface area contributed by atoms with Crippen LogP contribution in [0.1, 0.15) is 19.4 Å². The van der Waals surface area contributed by atoms with Crippen LogP contribution in [-0.4, -0.2) is 30.9 Å². The van der Waals surface area contributed by atoms with Gasteiger partial charge in [0.15, 0.2) is 0 Å². The third-order valence-electron chi connectivity index (χ3n) is 3.68. The number of fused-ring (bicyclic) bond motifs is 1. The molecule has 1 aromatic rings. The molecule has 2 aliphatic heterocycles. The number of nitrogens with zero attached hydrogens (tertiary/aromatic N) is 1. The first kappa shape index (κ1) is 18.1. The maximum Gasteiger partial charge on any atom is 0.530 e. The van der Waals surface area contributed by atoms with Crippen LogP contribution in [0.15, 0.2) is 42.1 Å². The fraction of sp³-hybridized carbons (Fsp3) is 0.412. The number of halogens is 1. The van der Waals surface area contributed by atoms with Gasteiger partial charge in [-0.05, 0) is 26.0 Å². The molecule has 136 valence electrons. The molecule has 0 spiro atoms. The van der Waals surface area contributed by atoms with Gasteiger partial charge in [0, 0.05) is 24.9 Å². The van der Waals surface area contributed by atoms with Gasteiger partial charge in [-0.1, -0.05) is 17.7 Å². The largest absolute Gasteiger partial charge is 0.530 e. The van der Waals surface area contributed by atoms with Crippen LogP contribution in [0.2, 0.25) is 0 Å². The third-order valence-corrected chi connectivity index (χ3v) is 5.01. The summed E-state index contributed by atoms with van der Waals surface area (Å²) in [7, 11) is -1.88. The number of benzene rings is 1. The van der Waals surface area contributed by atoms with E-state index >= 15 is 0 Å². The SMILES string of the molecule is CC(C)=CN(C)C1C=CC(CO[P@@]2(=O)OCc3ccc(F)cc3O2)O1. The molecule has 0 radical (unpaired) electrons. The molecular weight excluding hydrogens is 348 g/mol. The van der Waals surface area contributed by atoms with Crippen molar-refractivity contribution in [3.05, 3.63) is 53.5 Å². The van der Waals surface area contributed by atoms with E-state index in [1.54, 1.807) is 0 Å². The van der Waals surface area contributed by atoms with E-state index in [0.717, 1.165) is 5.57 Å². The summed E-state index contributed by atoms with van der Waals surface area (Å²) < 4.78 is 47.4. The zero-order chi connectivity index (χ0) is 18.0. The van der Waals surface area contributed by atoms with Crippen molar-refractivity contribution in [1.29, 1.82) is 0 Å². The quantitative estimate of drug-likeness (QED) is 0.578. The lowest BCUT2D eigenvalue weighted by molar-refractivity contribution is -0.0297. The van der Waals surface area contributed by atoms with Crippen molar-refractivity contribution >= 4 is 7.82 Å². The van der Waals surface area contributed by atoms with Crippen molar-refractivity contribution in [3.63, 3.8) is 0 Å². The smallest absolute Gasteiger partial charge is 0.404 e. The maximum absolute atomic E-state index is 13.3. The van der Waals surface area contributed by atoms with Crippen molar-refractivity contribution in [2.75, 3.05) is 13.7 Å². The van der Waals surface area contributed by atoms with Gasteiger partial charge in [0.2, 0.25) is 0 Å². The second-order valence-corrected chi connectivity index (χ2v) is 7.78. The molecule has 2 unspecified atom stereocenters. The van der Waals surface area contributed by atoms with Gasteiger partial charge in [0.05, 0.1) is 13.2 Å². The molecular formula is C17H21FNO5P.